The van der Waals surface area contributed by atoms with E-state index in [1.807, 2.05) is 53.2 Å². The van der Waals surface area contributed by atoms with Gasteiger partial charge in [-0.2, -0.15) is 5.10 Å². The highest BCUT2D eigenvalue weighted by Crippen LogP contribution is 2.21. The topological polar surface area (TPSA) is 63.9 Å². The third-order valence-corrected chi connectivity index (χ3v) is 4.72. The molecule has 1 amide bonds. The van der Waals surface area contributed by atoms with E-state index in [0.29, 0.717) is 5.69 Å². The molecule has 25 heavy (non-hydrogen) atoms. The van der Waals surface area contributed by atoms with Gasteiger partial charge in [-0.15, -0.1) is 0 Å². The summed E-state index contributed by atoms with van der Waals surface area (Å²) < 4.78 is 1.93. The number of hydrogen-bond acceptors (Lipinski definition) is 4. The second-order valence-corrected chi connectivity index (χ2v) is 6.63. The molecule has 4 rings (SSSR count). The SMILES string of the molecule is Cc1cnn(CC2CCCCN2C(=O)c2cnc3ccccc3n2)c1. The zero-order valence-corrected chi connectivity index (χ0v) is 14.3. The minimum Gasteiger partial charge on any atom is -0.332 e. The number of aryl methyl sites for hydroxylation is 1. The van der Waals surface area contributed by atoms with Gasteiger partial charge in [0.15, 0.2) is 0 Å². The van der Waals surface area contributed by atoms with Crippen LogP contribution < -0.4 is 0 Å². The Morgan fingerprint density at radius 1 is 1.20 bits per heavy atom. The number of para-hydroxylation sites is 2. The van der Waals surface area contributed by atoms with Gasteiger partial charge in [-0.1, -0.05) is 12.1 Å². The predicted octanol–water partition coefficient (Wildman–Crippen LogP) is 2.83. The molecule has 1 fully saturated rings. The van der Waals surface area contributed by atoms with Gasteiger partial charge in [0.2, 0.25) is 0 Å². The van der Waals surface area contributed by atoms with Gasteiger partial charge in [-0.25, -0.2) is 4.98 Å². The second kappa shape index (κ2) is 6.63. The Kier molecular flexibility index (Phi) is 4.17. The Bertz CT molecular complexity index is 903. The van der Waals surface area contributed by atoms with E-state index >= 15 is 0 Å². The molecule has 1 saturated heterocycles. The monoisotopic (exact) mass is 335 g/mol. The van der Waals surface area contributed by atoms with Crippen molar-refractivity contribution in [3.8, 4) is 0 Å². The fraction of sp³-hybridized carbons (Fsp3) is 0.368. The summed E-state index contributed by atoms with van der Waals surface area (Å²) in [5.74, 6) is -0.0353. The van der Waals surface area contributed by atoms with Crippen LogP contribution in [0.2, 0.25) is 0 Å². The van der Waals surface area contributed by atoms with Crippen LogP contribution in [0.4, 0.5) is 0 Å². The number of nitrogens with zero attached hydrogens (tertiary/aromatic N) is 5. The summed E-state index contributed by atoms with van der Waals surface area (Å²) in [5.41, 5.74) is 3.11. The molecule has 0 bridgehead atoms. The molecular weight excluding hydrogens is 314 g/mol. The van der Waals surface area contributed by atoms with E-state index in [2.05, 4.69) is 15.1 Å². The van der Waals surface area contributed by atoms with Crippen molar-refractivity contribution < 1.29 is 4.79 Å². The van der Waals surface area contributed by atoms with Crippen LogP contribution in [0.15, 0.2) is 42.9 Å². The van der Waals surface area contributed by atoms with Crippen LogP contribution in [0, 0.1) is 6.92 Å². The van der Waals surface area contributed by atoms with Crippen molar-refractivity contribution in [2.45, 2.75) is 38.8 Å². The lowest BCUT2D eigenvalue weighted by Crippen LogP contribution is -2.46. The Morgan fingerprint density at radius 2 is 2.04 bits per heavy atom. The van der Waals surface area contributed by atoms with E-state index in [-0.39, 0.29) is 11.9 Å². The van der Waals surface area contributed by atoms with E-state index in [9.17, 15) is 4.79 Å². The molecule has 2 aromatic heterocycles. The van der Waals surface area contributed by atoms with E-state index in [4.69, 9.17) is 0 Å². The van der Waals surface area contributed by atoms with E-state index in [1.54, 1.807) is 6.20 Å². The summed E-state index contributed by atoms with van der Waals surface area (Å²) in [7, 11) is 0. The third-order valence-electron chi connectivity index (χ3n) is 4.72. The lowest BCUT2D eigenvalue weighted by atomic mass is 10.0. The molecule has 3 aromatic rings. The number of amides is 1. The number of carbonyl (C=O) groups is 1. The van der Waals surface area contributed by atoms with Crippen LogP contribution in [0.1, 0.15) is 35.3 Å². The molecule has 0 radical (unpaired) electrons. The van der Waals surface area contributed by atoms with Gasteiger partial charge in [0.05, 0.1) is 36.0 Å². The lowest BCUT2D eigenvalue weighted by molar-refractivity contribution is 0.0578. The Balaban J connectivity index is 1.59. The van der Waals surface area contributed by atoms with Crippen LogP contribution in [-0.4, -0.2) is 43.1 Å². The first-order chi connectivity index (χ1) is 12.2. The lowest BCUT2D eigenvalue weighted by Gasteiger charge is -2.35. The normalized spacial score (nSPS) is 17.8. The predicted molar refractivity (Wildman–Crippen MR) is 95.2 cm³/mol. The summed E-state index contributed by atoms with van der Waals surface area (Å²) in [5, 5.41) is 4.37. The van der Waals surface area contributed by atoms with Gasteiger partial charge >= 0.3 is 0 Å². The van der Waals surface area contributed by atoms with Crippen molar-refractivity contribution in [2.75, 3.05) is 6.54 Å². The number of likely N-dealkylation sites (tertiary alicyclic amines) is 1. The van der Waals surface area contributed by atoms with Crippen molar-refractivity contribution in [2.24, 2.45) is 0 Å². The summed E-state index contributed by atoms with van der Waals surface area (Å²) in [6.45, 7) is 3.51. The van der Waals surface area contributed by atoms with Gasteiger partial charge < -0.3 is 4.90 Å². The van der Waals surface area contributed by atoms with Crippen LogP contribution in [0.25, 0.3) is 11.0 Å². The molecule has 1 aromatic carbocycles. The van der Waals surface area contributed by atoms with E-state index < -0.39 is 0 Å². The highest BCUT2D eigenvalue weighted by molar-refractivity contribution is 5.94. The number of carbonyl (C=O) groups excluding carboxylic acids is 1. The first kappa shape index (κ1) is 15.7. The molecule has 1 unspecified atom stereocenters. The van der Waals surface area contributed by atoms with Crippen LogP contribution in [0.3, 0.4) is 0 Å². The number of aromatic nitrogens is 4. The van der Waals surface area contributed by atoms with Crippen molar-refractivity contribution in [1.29, 1.82) is 0 Å². The highest BCUT2D eigenvalue weighted by Gasteiger charge is 2.29. The average molecular weight is 335 g/mol. The molecule has 1 aliphatic rings. The summed E-state index contributed by atoms with van der Waals surface area (Å²) in [6.07, 6.45) is 8.62. The number of rotatable bonds is 3. The van der Waals surface area contributed by atoms with Crippen LogP contribution in [-0.2, 0) is 6.54 Å². The molecule has 6 heteroatoms. The Hall–Kier alpha value is -2.76. The molecule has 1 atom stereocenters. The molecule has 1 aliphatic heterocycles. The maximum Gasteiger partial charge on any atom is 0.274 e. The largest absolute Gasteiger partial charge is 0.332 e. The van der Waals surface area contributed by atoms with E-state index in [0.717, 1.165) is 48.9 Å². The fourth-order valence-corrected chi connectivity index (χ4v) is 3.45. The maximum absolute atomic E-state index is 13.0. The number of fused-ring (bicyclic) bond motifs is 1. The summed E-state index contributed by atoms with van der Waals surface area (Å²) >= 11 is 0. The number of hydrogen-bond donors (Lipinski definition) is 0. The molecule has 0 saturated carbocycles. The molecule has 0 aliphatic carbocycles. The van der Waals surface area contributed by atoms with Gasteiger partial charge in [0, 0.05) is 12.7 Å². The van der Waals surface area contributed by atoms with Gasteiger partial charge in [0.1, 0.15) is 5.69 Å². The molecule has 0 N–H and O–H groups in total. The molecule has 6 nitrogen and oxygen atoms in total. The Labute approximate surface area is 146 Å². The average Bonchev–Trinajstić information content (AvgIpc) is 3.06. The second-order valence-electron chi connectivity index (χ2n) is 6.63. The zero-order valence-electron chi connectivity index (χ0n) is 14.3. The minimum absolute atomic E-state index is 0.0353. The van der Waals surface area contributed by atoms with Gasteiger partial charge in [-0.3, -0.25) is 14.5 Å². The number of piperidine rings is 1. The van der Waals surface area contributed by atoms with Gasteiger partial charge in [0.25, 0.3) is 5.91 Å². The van der Waals surface area contributed by atoms with Crippen molar-refractivity contribution in [3.05, 3.63) is 54.1 Å². The standard InChI is InChI=1S/C19H21N5O/c1-14-10-21-23(12-14)13-15-6-4-5-9-24(15)19(25)18-11-20-16-7-2-3-8-17(16)22-18/h2-3,7-8,10-12,15H,4-6,9,13H2,1H3. The fourth-order valence-electron chi connectivity index (χ4n) is 3.45. The third kappa shape index (κ3) is 3.24. The van der Waals surface area contributed by atoms with E-state index in [1.165, 1.54) is 0 Å². The molecule has 0 spiro atoms. The van der Waals surface area contributed by atoms with Crippen LogP contribution in [0.5, 0.6) is 0 Å². The molecule has 3 heterocycles. The first-order valence-corrected chi connectivity index (χ1v) is 8.72. The zero-order chi connectivity index (χ0) is 17.2. The molecular formula is C19H21N5O. The minimum atomic E-state index is -0.0353. The van der Waals surface area contributed by atoms with Crippen molar-refractivity contribution in [3.63, 3.8) is 0 Å². The summed E-state index contributed by atoms with van der Waals surface area (Å²) in [6, 6.07) is 7.77. The van der Waals surface area contributed by atoms with Crippen molar-refractivity contribution >= 4 is 16.9 Å². The highest BCUT2D eigenvalue weighted by atomic mass is 16.2. The molecule has 128 valence electrons. The Morgan fingerprint density at radius 3 is 2.84 bits per heavy atom. The summed E-state index contributed by atoms with van der Waals surface area (Å²) in [4.78, 5) is 23.9. The first-order valence-electron chi connectivity index (χ1n) is 8.72. The van der Waals surface area contributed by atoms with Gasteiger partial charge in [-0.05, 0) is 43.9 Å². The van der Waals surface area contributed by atoms with Crippen molar-refractivity contribution in [1.82, 2.24) is 24.6 Å². The van der Waals surface area contributed by atoms with Crippen LogP contribution >= 0.6 is 0 Å². The maximum atomic E-state index is 13.0. The smallest absolute Gasteiger partial charge is 0.274 e. The quantitative estimate of drug-likeness (QED) is 0.738. The number of benzene rings is 1.